The van der Waals surface area contributed by atoms with Crippen LogP contribution in [0.25, 0.3) is 0 Å². The molecule has 1 aliphatic rings. The highest BCUT2D eigenvalue weighted by Gasteiger charge is 2.59. The van der Waals surface area contributed by atoms with E-state index in [1.54, 1.807) is 0 Å². The summed E-state index contributed by atoms with van der Waals surface area (Å²) >= 11 is 0. The zero-order valence-corrected chi connectivity index (χ0v) is 8.88. The molecule has 0 saturated carbocycles. The molecule has 1 aromatic rings. The average molecular weight is 265 g/mol. The topological polar surface area (TPSA) is 111 Å². The van der Waals surface area contributed by atoms with Crippen molar-refractivity contribution in [2.24, 2.45) is 0 Å². The highest BCUT2D eigenvalue weighted by atomic mass is 19.3. The molecule has 2 heterocycles. The third kappa shape index (κ3) is 1.85. The number of hydrogen-bond donors (Lipinski definition) is 3. The van der Waals surface area contributed by atoms with E-state index in [0.717, 1.165) is 0 Å². The molecule has 0 radical (unpaired) electrons. The molecule has 100 valence electrons. The first-order chi connectivity index (χ1) is 9.21. The zero-order valence-electron chi connectivity index (χ0n) is 10.9. The number of aliphatic hydroxyl groups excluding tert-OH is 2. The minimum Gasteiger partial charge on any atom is -0.394 e. The fraction of sp³-hybridized carbons (Fsp3) is 0.556. The van der Waals surface area contributed by atoms with E-state index in [1.165, 1.54) is 0 Å². The van der Waals surface area contributed by atoms with Gasteiger partial charge in [-0.05, 0) is 6.04 Å². The molecule has 1 saturated heterocycles. The van der Waals surface area contributed by atoms with Crippen molar-refractivity contribution >= 4 is 5.82 Å². The monoisotopic (exact) mass is 265 g/mol. The minimum absolute atomic E-state index is 0.123. The van der Waals surface area contributed by atoms with Crippen molar-refractivity contribution in [3.8, 4) is 0 Å². The Labute approximate surface area is 102 Å². The van der Waals surface area contributed by atoms with Crippen molar-refractivity contribution in [2.75, 3.05) is 12.3 Å². The molecule has 0 aliphatic carbocycles. The molecule has 0 bridgehead atoms. The molecule has 9 heteroatoms. The van der Waals surface area contributed by atoms with Crippen LogP contribution in [0.15, 0.2) is 17.0 Å². The van der Waals surface area contributed by atoms with Gasteiger partial charge in [0.1, 0.15) is 11.9 Å². The number of aromatic nitrogens is 2. The van der Waals surface area contributed by atoms with Gasteiger partial charge in [0.25, 0.3) is 0 Å². The zero-order chi connectivity index (χ0) is 15.2. The van der Waals surface area contributed by atoms with Crippen molar-refractivity contribution in [1.29, 1.82) is 0 Å². The third-order valence-electron chi connectivity index (χ3n) is 2.52. The maximum atomic E-state index is 13.9. The second-order valence-corrected chi connectivity index (χ2v) is 3.72. The average Bonchev–Trinajstić information content (AvgIpc) is 2.60. The number of nitrogens with zero attached hydrogens (tertiary/aromatic N) is 2. The van der Waals surface area contributed by atoms with Crippen molar-refractivity contribution in [3.05, 3.63) is 22.7 Å². The van der Waals surface area contributed by atoms with E-state index in [9.17, 15) is 18.7 Å². The number of anilines is 1. The van der Waals surface area contributed by atoms with Crippen LogP contribution in [0.3, 0.4) is 0 Å². The largest absolute Gasteiger partial charge is 0.394 e. The predicted octanol–water partition coefficient (Wildman–Crippen LogP) is -1.29. The van der Waals surface area contributed by atoms with E-state index < -0.39 is 54.7 Å². The van der Waals surface area contributed by atoms with Gasteiger partial charge < -0.3 is 20.7 Å². The maximum Gasteiger partial charge on any atom is 0.351 e. The fourth-order valence-corrected chi connectivity index (χ4v) is 1.61. The fourth-order valence-electron chi connectivity index (χ4n) is 1.61. The summed E-state index contributed by atoms with van der Waals surface area (Å²) in [6.07, 6.45) is -7.23. The smallest absolute Gasteiger partial charge is 0.351 e. The standard InChI is InChI=1S/C9H11F2N3O4/c10-9(11)6(16)4(3-15)18-7(9)14-2-1-5(12)13-8(14)17/h1-2,4,6-7,15-16H,3H2,(H2,12,13,17)/t4-,6-,7-/m1/s1/i1D,2D. The van der Waals surface area contributed by atoms with E-state index >= 15 is 0 Å². The Morgan fingerprint density at radius 2 is 2.39 bits per heavy atom. The van der Waals surface area contributed by atoms with Gasteiger partial charge in [0.15, 0.2) is 6.10 Å². The molecule has 1 aromatic heterocycles. The second-order valence-electron chi connectivity index (χ2n) is 3.72. The number of nitrogens with two attached hydrogens (primary N) is 1. The lowest BCUT2D eigenvalue weighted by molar-refractivity contribution is -0.140. The number of ether oxygens (including phenoxy) is 1. The lowest BCUT2D eigenvalue weighted by atomic mass is 10.1. The van der Waals surface area contributed by atoms with E-state index in [0.29, 0.717) is 0 Å². The van der Waals surface area contributed by atoms with Crippen LogP contribution in [0.4, 0.5) is 14.6 Å². The molecule has 0 amide bonds. The maximum absolute atomic E-state index is 13.9. The molecule has 18 heavy (non-hydrogen) atoms. The van der Waals surface area contributed by atoms with Gasteiger partial charge in [-0.2, -0.15) is 13.8 Å². The summed E-state index contributed by atoms with van der Waals surface area (Å²) in [5.41, 5.74) is 3.88. The van der Waals surface area contributed by atoms with Crippen LogP contribution in [-0.4, -0.2) is 44.5 Å². The van der Waals surface area contributed by atoms with Crippen LogP contribution in [0.5, 0.6) is 0 Å². The summed E-state index contributed by atoms with van der Waals surface area (Å²) in [7, 11) is 0. The van der Waals surface area contributed by atoms with Gasteiger partial charge in [0.05, 0.1) is 9.35 Å². The summed E-state index contributed by atoms with van der Waals surface area (Å²) in [6, 6.07) is -0.717. The van der Waals surface area contributed by atoms with Crippen molar-refractivity contribution in [3.63, 3.8) is 0 Å². The first-order valence-corrected chi connectivity index (χ1v) is 4.89. The SMILES string of the molecule is [2H]c1c(N)nc(=O)n([C@@H]2O[C@H](CO)[C@@H](O)C2(F)F)c1[2H]. The van der Waals surface area contributed by atoms with Crippen LogP contribution in [0, 0.1) is 0 Å². The van der Waals surface area contributed by atoms with Gasteiger partial charge in [0.2, 0.25) is 6.23 Å². The van der Waals surface area contributed by atoms with E-state index in [4.69, 9.17) is 18.3 Å². The first kappa shape index (κ1) is 10.4. The number of alkyl halides is 2. The Morgan fingerprint density at radius 3 is 2.94 bits per heavy atom. The van der Waals surface area contributed by atoms with Crippen LogP contribution in [0.1, 0.15) is 8.97 Å². The van der Waals surface area contributed by atoms with Gasteiger partial charge in [-0.3, -0.25) is 4.57 Å². The number of halogens is 2. The van der Waals surface area contributed by atoms with E-state index in [1.807, 2.05) is 0 Å². The highest BCUT2D eigenvalue weighted by Crippen LogP contribution is 2.41. The van der Waals surface area contributed by atoms with Gasteiger partial charge >= 0.3 is 11.6 Å². The van der Waals surface area contributed by atoms with Crippen molar-refractivity contribution < 1.29 is 26.5 Å². The molecule has 4 N–H and O–H groups in total. The van der Waals surface area contributed by atoms with E-state index in [2.05, 4.69) is 4.98 Å². The van der Waals surface area contributed by atoms with Crippen LogP contribution >= 0.6 is 0 Å². The number of hydrogen-bond acceptors (Lipinski definition) is 6. The van der Waals surface area contributed by atoms with E-state index in [-0.39, 0.29) is 4.57 Å². The highest BCUT2D eigenvalue weighted by molar-refractivity contribution is 5.23. The van der Waals surface area contributed by atoms with Gasteiger partial charge in [0, 0.05) is 6.17 Å². The molecule has 2 rings (SSSR count). The number of aliphatic hydroxyl groups is 2. The van der Waals surface area contributed by atoms with Gasteiger partial charge in [-0.15, -0.1) is 0 Å². The van der Waals surface area contributed by atoms with Gasteiger partial charge in [-0.1, -0.05) is 0 Å². The summed E-state index contributed by atoms with van der Waals surface area (Å²) in [5, 5.41) is 18.2. The summed E-state index contributed by atoms with van der Waals surface area (Å²) < 4.78 is 47.4. The quantitative estimate of drug-likeness (QED) is 0.613. The molecule has 0 aromatic carbocycles. The molecule has 0 unspecified atom stereocenters. The first-order valence-electron chi connectivity index (χ1n) is 5.89. The number of nitrogen functional groups attached to an aromatic ring is 1. The Hall–Kier alpha value is -1.58. The molecule has 1 fully saturated rings. The van der Waals surface area contributed by atoms with Crippen LogP contribution < -0.4 is 11.4 Å². The molecule has 3 atom stereocenters. The van der Waals surface area contributed by atoms with Crippen LogP contribution in [0.2, 0.25) is 0 Å². The third-order valence-corrected chi connectivity index (χ3v) is 2.52. The van der Waals surface area contributed by atoms with Gasteiger partial charge in [-0.25, -0.2) is 4.79 Å². The van der Waals surface area contributed by atoms with Crippen LogP contribution in [-0.2, 0) is 4.74 Å². The molecule has 7 nitrogen and oxygen atoms in total. The Morgan fingerprint density at radius 1 is 1.72 bits per heavy atom. The normalized spacial score (nSPS) is 32.1. The molecular formula is C9H11F2N3O4. The minimum atomic E-state index is -3.93. The Kier molecular flexibility index (Phi) is 2.45. The summed E-state index contributed by atoms with van der Waals surface area (Å²) in [6.45, 7) is -0.897. The Balaban J connectivity index is 2.58. The lowest BCUT2D eigenvalue weighted by Gasteiger charge is -2.20. The molecule has 1 aliphatic heterocycles. The van der Waals surface area contributed by atoms with Crippen molar-refractivity contribution in [1.82, 2.24) is 9.55 Å². The lowest BCUT2D eigenvalue weighted by Crippen LogP contribution is -2.41. The predicted molar refractivity (Wildman–Crippen MR) is 54.9 cm³/mol. The Bertz CT molecular complexity index is 597. The molecular weight excluding hydrogens is 252 g/mol. The van der Waals surface area contributed by atoms with Crippen molar-refractivity contribution in [2.45, 2.75) is 24.4 Å². The summed E-state index contributed by atoms with van der Waals surface area (Å²) in [5.74, 6) is -4.51. The molecule has 0 spiro atoms. The summed E-state index contributed by atoms with van der Waals surface area (Å²) in [4.78, 5) is 14.7. The number of rotatable bonds is 2. The second kappa shape index (κ2) is 4.26.